The van der Waals surface area contributed by atoms with Crippen molar-refractivity contribution >= 4 is 11.3 Å². The van der Waals surface area contributed by atoms with E-state index in [1.165, 1.54) is 18.5 Å². The first-order chi connectivity index (χ1) is 7.33. The molecule has 1 aromatic heterocycles. The van der Waals surface area contributed by atoms with Crippen LogP contribution < -0.4 is 5.32 Å². The highest BCUT2D eigenvalue weighted by Gasteiger charge is 2.01. The molecular formula is C11H21N3S. The first-order valence-corrected chi connectivity index (χ1v) is 6.53. The largest absolute Gasteiger partial charge is 0.317 e. The van der Waals surface area contributed by atoms with E-state index in [0.29, 0.717) is 0 Å². The van der Waals surface area contributed by atoms with Crippen molar-refractivity contribution in [2.75, 3.05) is 26.7 Å². The molecule has 86 valence electrons. The number of thiazole rings is 1. The first-order valence-electron chi connectivity index (χ1n) is 5.59. The predicted molar refractivity (Wildman–Crippen MR) is 66.2 cm³/mol. The maximum Gasteiger partial charge on any atom is 0.0795 e. The third-order valence-corrected chi connectivity index (χ3v) is 2.94. The van der Waals surface area contributed by atoms with Crippen LogP contribution in [-0.2, 0) is 6.54 Å². The van der Waals surface area contributed by atoms with Crippen molar-refractivity contribution in [3.63, 3.8) is 0 Å². The summed E-state index contributed by atoms with van der Waals surface area (Å²) in [7, 11) is 2.16. The lowest BCUT2D eigenvalue weighted by molar-refractivity contribution is 0.315. The summed E-state index contributed by atoms with van der Waals surface area (Å²) in [6.45, 7) is 6.50. The molecule has 1 aromatic rings. The van der Waals surface area contributed by atoms with Crippen LogP contribution in [0, 0.1) is 0 Å². The maximum absolute atomic E-state index is 4.28. The van der Waals surface area contributed by atoms with Gasteiger partial charge in [0.25, 0.3) is 0 Å². The molecule has 0 saturated heterocycles. The second-order valence-corrected chi connectivity index (χ2v) is 4.50. The third-order valence-electron chi connectivity index (χ3n) is 2.31. The van der Waals surface area contributed by atoms with Crippen molar-refractivity contribution < 1.29 is 0 Å². The van der Waals surface area contributed by atoms with Crippen LogP contribution >= 0.6 is 11.3 Å². The van der Waals surface area contributed by atoms with E-state index in [0.717, 1.165) is 26.2 Å². The van der Waals surface area contributed by atoms with Gasteiger partial charge in [-0.3, -0.25) is 0 Å². The summed E-state index contributed by atoms with van der Waals surface area (Å²) in [5.41, 5.74) is 3.09. The maximum atomic E-state index is 4.28. The zero-order valence-electron chi connectivity index (χ0n) is 9.70. The Bertz CT molecular complexity index is 236. The highest BCUT2D eigenvalue weighted by molar-refractivity contribution is 7.07. The van der Waals surface area contributed by atoms with E-state index >= 15 is 0 Å². The van der Waals surface area contributed by atoms with E-state index in [1.807, 2.05) is 5.51 Å². The lowest BCUT2D eigenvalue weighted by Crippen LogP contribution is -2.21. The fourth-order valence-corrected chi connectivity index (χ4v) is 2.03. The molecule has 0 amide bonds. The Morgan fingerprint density at radius 2 is 2.33 bits per heavy atom. The standard InChI is InChI=1S/C11H21N3S/c1-3-12-6-4-5-7-14(2)8-11-9-15-10-13-11/h9-10,12H,3-8H2,1-2H3. The number of unbranched alkanes of at least 4 members (excludes halogenated alkanes) is 1. The van der Waals surface area contributed by atoms with Gasteiger partial charge in [0.1, 0.15) is 0 Å². The molecule has 0 bridgehead atoms. The monoisotopic (exact) mass is 227 g/mol. The molecule has 1 heterocycles. The average molecular weight is 227 g/mol. The van der Waals surface area contributed by atoms with Crippen LogP contribution in [0.4, 0.5) is 0 Å². The molecule has 4 heteroatoms. The SMILES string of the molecule is CCNCCCCN(C)Cc1cscn1. The molecule has 0 aliphatic rings. The van der Waals surface area contributed by atoms with E-state index in [-0.39, 0.29) is 0 Å². The Labute approximate surface area is 96.5 Å². The summed E-state index contributed by atoms with van der Waals surface area (Å²) < 4.78 is 0. The van der Waals surface area contributed by atoms with Crippen LogP contribution in [0.1, 0.15) is 25.5 Å². The van der Waals surface area contributed by atoms with Gasteiger partial charge in [0.15, 0.2) is 0 Å². The first kappa shape index (κ1) is 12.6. The Kier molecular flexibility index (Phi) is 6.55. The summed E-state index contributed by atoms with van der Waals surface area (Å²) in [6, 6.07) is 0. The van der Waals surface area contributed by atoms with Gasteiger partial charge in [0, 0.05) is 11.9 Å². The van der Waals surface area contributed by atoms with Gasteiger partial charge >= 0.3 is 0 Å². The molecule has 0 aliphatic carbocycles. The van der Waals surface area contributed by atoms with Crippen molar-refractivity contribution in [2.24, 2.45) is 0 Å². The molecule has 1 N–H and O–H groups in total. The summed E-state index contributed by atoms with van der Waals surface area (Å²) in [6.07, 6.45) is 2.52. The number of hydrogen-bond acceptors (Lipinski definition) is 4. The van der Waals surface area contributed by atoms with E-state index in [2.05, 4.69) is 34.6 Å². The Balaban J connectivity index is 2.01. The Morgan fingerprint density at radius 1 is 1.47 bits per heavy atom. The van der Waals surface area contributed by atoms with E-state index in [9.17, 15) is 0 Å². The molecule has 0 aliphatic heterocycles. The molecule has 0 unspecified atom stereocenters. The van der Waals surface area contributed by atoms with Gasteiger partial charge in [0.05, 0.1) is 11.2 Å². The minimum absolute atomic E-state index is 0.977. The minimum atomic E-state index is 0.977. The van der Waals surface area contributed by atoms with E-state index in [4.69, 9.17) is 0 Å². The van der Waals surface area contributed by atoms with Crippen LogP contribution in [0.5, 0.6) is 0 Å². The molecule has 0 fully saturated rings. The predicted octanol–water partition coefficient (Wildman–Crippen LogP) is 1.96. The number of hydrogen-bond donors (Lipinski definition) is 1. The molecule has 0 saturated carbocycles. The van der Waals surface area contributed by atoms with Gasteiger partial charge in [0.2, 0.25) is 0 Å². The fraction of sp³-hybridized carbons (Fsp3) is 0.727. The Morgan fingerprint density at radius 3 is 3.00 bits per heavy atom. The van der Waals surface area contributed by atoms with E-state index < -0.39 is 0 Å². The lowest BCUT2D eigenvalue weighted by Gasteiger charge is -2.14. The molecule has 0 atom stereocenters. The highest BCUT2D eigenvalue weighted by Crippen LogP contribution is 2.04. The molecule has 0 spiro atoms. The second-order valence-electron chi connectivity index (χ2n) is 3.78. The van der Waals surface area contributed by atoms with Gasteiger partial charge in [-0.05, 0) is 39.5 Å². The summed E-state index contributed by atoms with van der Waals surface area (Å²) in [4.78, 5) is 6.61. The van der Waals surface area contributed by atoms with Crippen molar-refractivity contribution in [3.8, 4) is 0 Å². The highest BCUT2D eigenvalue weighted by atomic mass is 32.1. The summed E-state index contributed by atoms with van der Waals surface area (Å²) >= 11 is 1.67. The quantitative estimate of drug-likeness (QED) is 0.688. The zero-order chi connectivity index (χ0) is 10.9. The Hall–Kier alpha value is -0.450. The topological polar surface area (TPSA) is 28.2 Å². The molecule has 3 nitrogen and oxygen atoms in total. The normalized spacial score (nSPS) is 11.1. The molecular weight excluding hydrogens is 206 g/mol. The van der Waals surface area contributed by atoms with Gasteiger partial charge in [-0.15, -0.1) is 11.3 Å². The van der Waals surface area contributed by atoms with Crippen molar-refractivity contribution in [2.45, 2.75) is 26.3 Å². The average Bonchev–Trinajstić information content (AvgIpc) is 2.70. The number of rotatable bonds is 8. The number of aromatic nitrogens is 1. The summed E-state index contributed by atoms with van der Waals surface area (Å²) in [5.74, 6) is 0. The van der Waals surface area contributed by atoms with Gasteiger partial charge < -0.3 is 10.2 Å². The summed E-state index contributed by atoms with van der Waals surface area (Å²) in [5, 5.41) is 5.46. The third kappa shape index (κ3) is 5.87. The van der Waals surface area contributed by atoms with Crippen LogP contribution in [0.3, 0.4) is 0 Å². The number of nitrogens with zero attached hydrogens (tertiary/aromatic N) is 2. The van der Waals surface area contributed by atoms with Crippen LogP contribution in [-0.4, -0.2) is 36.6 Å². The van der Waals surface area contributed by atoms with Gasteiger partial charge in [-0.25, -0.2) is 4.98 Å². The second kappa shape index (κ2) is 7.79. The molecule has 1 rings (SSSR count). The van der Waals surface area contributed by atoms with Gasteiger partial charge in [-0.1, -0.05) is 6.92 Å². The fourth-order valence-electron chi connectivity index (χ4n) is 1.48. The van der Waals surface area contributed by atoms with Crippen molar-refractivity contribution in [1.82, 2.24) is 15.2 Å². The smallest absolute Gasteiger partial charge is 0.0795 e. The van der Waals surface area contributed by atoms with E-state index in [1.54, 1.807) is 11.3 Å². The van der Waals surface area contributed by atoms with Crippen molar-refractivity contribution in [1.29, 1.82) is 0 Å². The van der Waals surface area contributed by atoms with Crippen LogP contribution in [0.2, 0.25) is 0 Å². The van der Waals surface area contributed by atoms with Gasteiger partial charge in [-0.2, -0.15) is 0 Å². The molecule has 0 radical (unpaired) electrons. The van der Waals surface area contributed by atoms with Crippen LogP contribution in [0.25, 0.3) is 0 Å². The molecule has 15 heavy (non-hydrogen) atoms. The number of nitrogens with one attached hydrogen (secondary N) is 1. The van der Waals surface area contributed by atoms with Crippen LogP contribution in [0.15, 0.2) is 10.9 Å². The molecule has 0 aromatic carbocycles. The van der Waals surface area contributed by atoms with Crippen molar-refractivity contribution in [3.05, 3.63) is 16.6 Å². The lowest BCUT2D eigenvalue weighted by atomic mass is 10.3. The minimum Gasteiger partial charge on any atom is -0.317 e. The zero-order valence-corrected chi connectivity index (χ0v) is 10.5.